The van der Waals surface area contributed by atoms with Gasteiger partial charge in [0.1, 0.15) is 5.82 Å². The van der Waals surface area contributed by atoms with E-state index in [-0.39, 0.29) is 0 Å². The Labute approximate surface area is 149 Å². The van der Waals surface area contributed by atoms with Gasteiger partial charge in [0.15, 0.2) is 5.96 Å². The first kappa shape index (κ1) is 17.7. The van der Waals surface area contributed by atoms with E-state index in [4.69, 9.17) is 4.74 Å². The van der Waals surface area contributed by atoms with E-state index in [1.807, 2.05) is 13.1 Å². The molecule has 0 saturated carbocycles. The maximum Gasteiger partial charge on any atom is 0.190 e. The monoisotopic (exact) mass is 343 g/mol. The van der Waals surface area contributed by atoms with Crippen molar-refractivity contribution in [3.63, 3.8) is 0 Å². The highest BCUT2D eigenvalue weighted by Crippen LogP contribution is 2.16. The zero-order chi connectivity index (χ0) is 17.5. The molecule has 2 N–H and O–H groups in total. The highest BCUT2D eigenvalue weighted by atomic mass is 16.5. The van der Waals surface area contributed by atoms with E-state index in [0.29, 0.717) is 6.10 Å². The highest BCUT2D eigenvalue weighted by molar-refractivity contribution is 5.79. The van der Waals surface area contributed by atoms with E-state index in [2.05, 4.69) is 50.3 Å². The minimum absolute atomic E-state index is 0.420. The molecule has 3 rings (SSSR count). The van der Waals surface area contributed by atoms with Gasteiger partial charge in [-0.05, 0) is 44.7 Å². The Balaban J connectivity index is 1.39. The van der Waals surface area contributed by atoms with Gasteiger partial charge in [0.05, 0.1) is 17.1 Å². The summed E-state index contributed by atoms with van der Waals surface area (Å²) in [6.07, 6.45) is 4.86. The summed E-state index contributed by atoms with van der Waals surface area (Å²) in [5.41, 5.74) is 2.28. The molecule has 25 heavy (non-hydrogen) atoms. The van der Waals surface area contributed by atoms with Crippen molar-refractivity contribution in [3.8, 4) is 0 Å². The number of benzene rings is 1. The van der Waals surface area contributed by atoms with Gasteiger partial charge in [-0.2, -0.15) is 0 Å². The molecular weight excluding hydrogens is 314 g/mol. The minimum atomic E-state index is 0.420. The molecule has 1 aliphatic heterocycles. The van der Waals surface area contributed by atoms with Crippen molar-refractivity contribution < 1.29 is 4.74 Å². The van der Waals surface area contributed by atoms with Crippen LogP contribution < -0.4 is 10.6 Å². The SMILES string of the molecule is CN=C(NCCCn1c(C)nc2ccccc21)NCCC1CCCO1. The highest BCUT2D eigenvalue weighted by Gasteiger charge is 2.14. The molecule has 1 aromatic heterocycles. The number of imidazole rings is 1. The molecule has 6 nitrogen and oxygen atoms in total. The predicted molar refractivity (Wildman–Crippen MR) is 102 cm³/mol. The lowest BCUT2D eigenvalue weighted by atomic mass is 10.2. The average molecular weight is 343 g/mol. The Hall–Kier alpha value is -2.08. The number of para-hydroxylation sites is 2. The molecule has 0 radical (unpaired) electrons. The van der Waals surface area contributed by atoms with E-state index < -0.39 is 0 Å². The second-order valence-electron chi connectivity index (χ2n) is 6.50. The summed E-state index contributed by atoms with van der Waals surface area (Å²) in [6, 6.07) is 8.30. The van der Waals surface area contributed by atoms with Crippen LogP contribution in [0.5, 0.6) is 0 Å². The summed E-state index contributed by atoms with van der Waals surface area (Å²) in [6.45, 7) is 5.71. The number of rotatable bonds is 7. The predicted octanol–water partition coefficient (Wildman–Crippen LogP) is 2.47. The van der Waals surface area contributed by atoms with Crippen LogP contribution in [-0.4, -0.2) is 48.4 Å². The van der Waals surface area contributed by atoms with E-state index in [9.17, 15) is 0 Å². The van der Waals surface area contributed by atoms with Crippen LogP contribution in [0.25, 0.3) is 11.0 Å². The van der Waals surface area contributed by atoms with Gasteiger partial charge in [0.2, 0.25) is 0 Å². The van der Waals surface area contributed by atoms with Gasteiger partial charge in [-0.3, -0.25) is 4.99 Å². The molecule has 0 amide bonds. The number of ether oxygens (including phenoxy) is 1. The van der Waals surface area contributed by atoms with E-state index in [1.54, 1.807) is 0 Å². The maximum atomic E-state index is 5.65. The van der Waals surface area contributed by atoms with Gasteiger partial charge in [-0.25, -0.2) is 4.98 Å². The third-order valence-electron chi connectivity index (χ3n) is 4.70. The number of aryl methyl sites for hydroxylation is 2. The Kier molecular flexibility index (Phi) is 6.28. The number of guanidine groups is 1. The summed E-state index contributed by atoms with van der Waals surface area (Å²) in [7, 11) is 1.81. The van der Waals surface area contributed by atoms with Crippen LogP contribution in [0.4, 0.5) is 0 Å². The number of nitrogens with one attached hydrogen (secondary N) is 2. The van der Waals surface area contributed by atoms with E-state index in [1.165, 1.54) is 18.4 Å². The lowest BCUT2D eigenvalue weighted by Crippen LogP contribution is -2.39. The Morgan fingerprint density at radius 2 is 2.16 bits per heavy atom. The van der Waals surface area contributed by atoms with Gasteiger partial charge in [-0.15, -0.1) is 0 Å². The van der Waals surface area contributed by atoms with Crippen LogP contribution in [0.15, 0.2) is 29.3 Å². The zero-order valence-electron chi connectivity index (χ0n) is 15.3. The third kappa shape index (κ3) is 4.72. The lowest BCUT2D eigenvalue weighted by Gasteiger charge is -2.14. The van der Waals surface area contributed by atoms with E-state index in [0.717, 1.165) is 56.4 Å². The van der Waals surface area contributed by atoms with Crippen LogP contribution >= 0.6 is 0 Å². The molecular formula is C19H29N5O. The van der Waals surface area contributed by atoms with Gasteiger partial charge in [-0.1, -0.05) is 12.1 Å². The third-order valence-corrected chi connectivity index (χ3v) is 4.70. The average Bonchev–Trinajstić information content (AvgIpc) is 3.24. The molecule has 1 aromatic carbocycles. The number of nitrogens with zero attached hydrogens (tertiary/aromatic N) is 3. The molecule has 6 heteroatoms. The number of hydrogen-bond donors (Lipinski definition) is 2. The fourth-order valence-corrected chi connectivity index (χ4v) is 3.37. The Bertz CT molecular complexity index is 703. The lowest BCUT2D eigenvalue weighted by molar-refractivity contribution is 0.105. The summed E-state index contributed by atoms with van der Waals surface area (Å²) in [4.78, 5) is 8.90. The van der Waals surface area contributed by atoms with Crippen molar-refractivity contribution in [1.29, 1.82) is 0 Å². The molecule has 2 aromatic rings. The molecule has 136 valence electrons. The Morgan fingerprint density at radius 1 is 1.32 bits per heavy atom. The van der Waals surface area contributed by atoms with Crippen LogP contribution in [0.2, 0.25) is 0 Å². The van der Waals surface area contributed by atoms with Crippen LogP contribution in [0.3, 0.4) is 0 Å². The molecule has 0 aliphatic carbocycles. The van der Waals surface area contributed by atoms with E-state index >= 15 is 0 Å². The maximum absolute atomic E-state index is 5.65. The molecule has 0 bridgehead atoms. The van der Waals surface area contributed by atoms with Crippen molar-refractivity contribution in [2.24, 2.45) is 4.99 Å². The van der Waals surface area contributed by atoms with Gasteiger partial charge in [0.25, 0.3) is 0 Å². The van der Waals surface area contributed by atoms with Crippen LogP contribution in [0.1, 0.15) is 31.5 Å². The number of aliphatic imine (C=N–C) groups is 1. The van der Waals surface area contributed by atoms with Crippen molar-refractivity contribution in [2.75, 3.05) is 26.7 Å². The first-order chi connectivity index (χ1) is 12.3. The van der Waals surface area contributed by atoms with Gasteiger partial charge >= 0.3 is 0 Å². The molecule has 1 aliphatic rings. The van der Waals surface area contributed by atoms with Crippen molar-refractivity contribution >= 4 is 17.0 Å². The summed E-state index contributed by atoms with van der Waals surface area (Å²) < 4.78 is 7.93. The number of hydrogen-bond acceptors (Lipinski definition) is 3. The summed E-state index contributed by atoms with van der Waals surface area (Å²) in [5.74, 6) is 1.94. The van der Waals surface area contributed by atoms with Crippen LogP contribution in [-0.2, 0) is 11.3 Å². The molecule has 2 heterocycles. The minimum Gasteiger partial charge on any atom is -0.378 e. The molecule has 1 atom stereocenters. The largest absolute Gasteiger partial charge is 0.378 e. The number of aromatic nitrogens is 2. The summed E-state index contributed by atoms with van der Waals surface area (Å²) >= 11 is 0. The fourth-order valence-electron chi connectivity index (χ4n) is 3.37. The molecule has 1 fully saturated rings. The quantitative estimate of drug-likeness (QED) is 0.460. The second kappa shape index (κ2) is 8.85. The molecule has 1 unspecified atom stereocenters. The first-order valence-electron chi connectivity index (χ1n) is 9.26. The standard InChI is InChI=1S/C19H29N5O/c1-15-23-17-8-3-4-9-18(17)24(15)13-6-11-21-19(20-2)22-12-10-16-7-5-14-25-16/h3-4,8-9,16H,5-7,10-14H2,1-2H3,(H2,20,21,22). The van der Waals surface area contributed by atoms with Gasteiger partial charge < -0.3 is 19.9 Å². The molecule has 1 saturated heterocycles. The second-order valence-corrected chi connectivity index (χ2v) is 6.50. The van der Waals surface area contributed by atoms with Crippen molar-refractivity contribution in [3.05, 3.63) is 30.1 Å². The smallest absolute Gasteiger partial charge is 0.190 e. The van der Waals surface area contributed by atoms with Crippen LogP contribution in [0, 0.1) is 6.92 Å². The Morgan fingerprint density at radius 3 is 2.96 bits per heavy atom. The molecule has 0 spiro atoms. The first-order valence-corrected chi connectivity index (χ1v) is 9.26. The topological polar surface area (TPSA) is 63.5 Å². The summed E-state index contributed by atoms with van der Waals surface area (Å²) in [5, 5.41) is 6.76. The normalized spacial score (nSPS) is 18.0. The number of fused-ring (bicyclic) bond motifs is 1. The van der Waals surface area contributed by atoms with Crippen molar-refractivity contribution in [1.82, 2.24) is 20.2 Å². The fraction of sp³-hybridized carbons (Fsp3) is 0.579. The zero-order valence-corrected chi connectivity index (χ0v) is 15.3. The van der Waals surface area contributed by atoms with Crippen molar-refractivity contribution in [2.45, 2.75) is 45.3 Å². The van der Waals surface area contributed by atoms with Gasteiger partial charge in [0, 0.05) is 33.3 Å².